The predicted octanol–water partition coefficient (Wildman–Crippen LogP) is 3.90. The van der Waals surface area contributed by atoms with Crippen LogP contribution in [0.4, 0.5) is 13.2 Å². The summed E-state index contributed by atoms with van der Waals surface area (Å²) >= 11 is 0.878. The van der Waals surface area contributed by atoms with E-state index in [4.69, 9.17) is 0 Å². The van der Waals surface area contributed by atoms with Gasteiger partial charge in [0.2, 0.25) is 10.0 Å². The number of carbonyl (C=O) groups excluding carboxylic acids is 2. The molecule has 0 bridgehead atoms. The molecular weight excluding hydrogens is 451 g/mol. The fourth-order valence-electron chi connectivity index (χ4n) is 3.35. The molecule has 0 aliphatic heterocycles. The number of nitrogens with one attached hydrogen (secondary N) is 1. The van der Waals surface area contributed by atoms with E-state index in [0.29, 0.717) is 22.3 Å². The molecule has 166 valence electrons. The third-order valence-electron chi connectivity index (χ3n) is 5.03. The van der Waals surface area contributed by atoms with E-state index in [2.05, 4.69) is 4.72 Å². The Morgan fingerprint density at radius 1 is 1.06 bits per heavy atom. The summed E-state index contributed by atoms with van der Waals surface area (Å²) < 4.78 is 66.3. The molecule has 0 fully saturated rings. The first-order chi connectivity index (χ1) is 14.5. The lowest BCUT2D eigenvalue weighted by Gasteiger charge is -2.12. The molecule has 1 N–H and O–H groups in total. The van der Waals surface area contributed by atoms with Crippen LogP contribution in [0.15, 0.2) is 47.4 Å². The summed E-state index contributed by atoms with van der Waals surface area (Å²) in [5, 5.41) is -0.183. The smallest absolute Gasteiger partial charge is 0.293 e. The maximum atomic E-state index is 12.9. The van der Waals surface area contributed by atoms with Gasteiger partial charge in [0.1, 0.15) is 0 Å². The van der Waals surface area contributed by atoms with E-state index in [1.54, 1.807) is 18.2 Å². The number of fused-ring (bicyclic) bond motifs is 1. The molecule has 0 radical (unpaired) electrons. The van der Waals surface area contributed by atoms with E-state index in [9.17, 15) is 31.2 Å². The van der Waals surface area contributed by atoms with Gasteiger partial charge in [0, 0.05) is 19.0 Å². The Balaban J connectivity index is 1.63. The van der Waals surface area contributed by atoms with Crippen molar-refractivity contribution in [2.24, 2.45) is 5.92 Å². The third-order valence-corrected chi connectivity index (χ3v) is 7.26. The van der Waals surface area contributed by atoms with Gasteiger partial charge in [-0.1, -0.05) is 42.1 Å². The second-order valence-corrected chi connectivity index (χ2v) is 10.2. The van der Waals surface area contributed by atoms with E-state index < -0.39 is 22.1 Å². The second-order valence-electron chi connectivity index (χ2n) is 7.30. The molecule has 0 saturated heterocycles. The Hall–Kier alpha value is -2.17. The van der Waals surface area contributed by atoms with Crippen LogP contribution in [0.25, 0.3) is 0 Å². The van der Waals surface area contributed by atoms with E-state index in [-0.39, 0.29) is 40.9 Å². The van der Waals surface area contributed by atoms with Gasteiger partial charge in [-0.05, 0) is 41.7 Å². The number of thioether (sulfide) groups is 1. The van der Waals surface area contributed by atoms with Crippen LogP contribution < -0.4 is 4.72 Å². The molecule has 2 aromatic carbocycles. The molecule has 0 heterocycles. The lowest BCUT2D eigenvalue weighted by atomic mass is 10.1. The first-order valence-electron chi connectivity index (χ1n) is 9.39. The van der Waals surface area contributed by atoms with Crippen molar-refractivity contribution < 1.29 is 31.2 Å². The van der Waals surface area contributed by atoms with Gasteiger partial charge >= 0.3 is 6.18 Å². The van der Waals surface area contributed by atoms with Crippen LogP contribution in [0, 0.1) is 5.92 Å². The molecule has 5 nitrogen and oxygen atoms in total. The highest BCUT2D eigenvalue weighted by atomic mass is 32.2. The fourth-order valence-corrected chi connectivity index (χ4v) is 4.86. The summed E-state index contributed by atoms with van der Waals surface area (Å²) in [5.74, 6) is -1.70. The van der Waals surface area contributed by atoms with Gasteiger partial charge in [0.15, 0.2) is 10.9 Å². The highest BCUT2D eigenvalue weighted by Gasteiger charge is 2.42. The number of alkyl halides is 3. The van der Waals surface area contributed by atoms with Crippen molar-refractivity contribution in [3.63, 3.8) is 0 Å². The Morgan fingerprint density at radius 3 is 2.32 bits per heavy atom. The standard InChI is InChI=1S/C21H20F3NO4S2/c1-13(26)30-12-20(27)15-4-6-19(7-5-15)31(28,29)25-11-14-2-3-16-9-18(21(22,23)24)10-17(16)8-14/h2-8,18,25H,9-12H2,1H3. The quantitative estimate of drug-likeness (QED) is 0.620. The number of sulfonamides is 1. The van der Waals surface area contributed by atoms with Crippen LogP contribution in [0.1, 0.15) is 34.0 Å². The molecule has 0 amide bonds. The number of rotatable bonds is 7. The normalized spacial score (nSPS) is 16.2. The van der Waals surface area contributed by atoms with E-state index in [1.165, 1.54) is 31.2 Å². The molecule has 1 aliphatic carbocycles. The molecule has 3 rings (SSSR count). The number of hydrogen-bond acceptors (Lipinski definition) is 5. The Labute approximate surface area is 182 Å². The molecule has 1 aliphatic rings. The third kappa shape index (κ3) is 5.96. The fraction of sp³-hybridized carbons (Fsp3) is 0.333. The minimum Gasteiger partial charge on any atom is -0.293 e. The van der Waals surface area contributed by atoms with Gasteiger partial charge in [0.05, 0.1) is 16.6 Å². The zero-order valence-corrected chi connectivity index (χ0v) is 18.2. The average molecular weight is 472 g/mol. The molecule has 10 heteroatoms. The van der Waals surface area contributed by atoms with Crippen molar-refractivity contribution in [2.45, 2.75) is 37.4 Å². The van der Waals surface area contributed by atoms with E-state index in [1.807, 2.05) is 0 Å². The summed E-state index contributed by atoms with van der Waals surface area (Å²) in [6.07, 6.45) is -4.41. The maximum Gasteiger partial charge on any atom is 0.392 e. The Morgan fingerprint density at radius 2 is 1.71 bits per heavy atom. The van der Waals surface area contributed by atoms with Gasteiger partial charge < -0.3 is 0 Å². The van der Waals surface area contributed by atoms with Crippen LogP contribution in [-0.4, -0.2) is 31.2 Å². The van der Waals surface area contributed by atoms with Crippen LogP contribution in [0.3, 0.4) is 0 Å². The highest BCUT2D eigenvalue weighted by Crippen LogP contribution is 2.38. The van der Waals surface area contributed by atoms with Crippen molar-refractivity contribution in [1.29, 1.82) is 0 Å². The number of carbonyl (C=O) groups is 2. The lowest BCUT2D eigenvalue weighted by Crippen LogP contribution is -2.23. The number of benzene rings is 2. The highest BCUT2D eigenvalue weighted by molar-refractivity contribution is 8.14. The first kappa shape index (κ1) is 23.5. The van der Waals surface area contributed by atoms with Crippen LogP contribution in [0.2, 0.25) is 0 Å². The summed E-state index contributed by atoms with van der Waals surface area (Å²) in [4.78, 5) is 22.9. The van der Waals surface area contributed by atoms with E-state index in [0.717, 1.165) is 11.8 Å². The molecule has 0 spiro atoms. The Kier molecular flexibility index (Phi) is 6.92. The van der Waals surface area contributed by atoms with Gasteiger partial charge in [-0.15, -0.1) is 0 Å². The van der Waals surface area contributed by atoms with Crippen molar-refractivity contribution >= 4 is 32.7 Å². The van der Waals surface area contributed by atoms with Gasteiger partial charge in [-0.3, -0.25) is 9.59 Å². The van der Waals surface area contributed by atoms with Crippen molar-refractivity contribution in [2.75, 3.05) is 5.75 Å². The largest absolute Gasteiger partial charge is 0.392 e. The number of halogens is 3. The summed E-state index contributed by atoms with van der Waals surface area (Å²) in [7, 11) is -3.88. The zero-order valence-electron chi connectivity index (χ0n) is 16.5. The molecular formula is C21H20F3NO4S2. The van der Waals surface area contributed by atoms with E-state index >= 15 is 0 Å². The minimum absolute atomic E-state index is 0.0206. The second kappa shape index (κ2) is 9.13. The maximum absolute atomic E-state index is 12.9. The number of Topliss-reactive ketones (excluding diaryl/α,β-unsaturated/α-hetero) is 1. The monoisotopic (exact) mass is 471 g/mol. The molecule has 1 unspecified atom stereocenters. The van der Waals surface area contributed by atoms with Gasteiger partial charge in [-0.25, -0.2) is 13.1 Å². The SMILES string of the molecule is CC(=O)SCC(=O)c1ccc(S(=O)(=O)NCc2ccc3c(c2)CC(C(F)(F)F)C3)cc1. The van der Waals surface area contributed by atoms with Gasteiger partial charge in [-0.2, -0.15) is 13.2 Å². The van der Waals surface area contributed by atoms with Crippen molar-refractivity contribution in [1.82, 2.24) is 4.72 Å². The summed E-state index contributed by atoms with van der Waals surface area (Å²) in [5.41, 5.74) is 2.09. The summed E-state index contributed by atoms with van der Waals surface area (Å²) in [6.45, 7) is 1.29. The number of ketones is 1. The molecule has 0 saturated carbocycles. The first-order valence-corrected chi connectivity index (χ1v) is 11.9. The van der Waals surface area contributed by atoms with Crippen molar-refractivity contribution in [3.05, 3.63) is 64.7 Å². The van der Waals surface area contributed by atoms with Crippen LogP contribution in [-0.2, 0) is 34.2 Å². The van der Waals surface area contributed by atoms with Gasteiger partial charge in [0.25, 0.3) is 0 Å². The number of hydrogen-bond donors (Lipinski definition) is 1. The minimum atomic E-state index is -4.25. The predicted molar refractivity (Wildman–Crippen MR) is 111 cm³/mol. The summed E-state index contributed by atoms with van der Waals surface area (Å²) in [6, 6.07) is 10.2. The molecule has 31 heavy (non-hydrogen) atoms. The average Bonchev–Trinajstić information content (AvgIpc) is 3.14. The zero-order chi connectivity index (χ0) is 22.8. The topological polar surface area (TPSA) is 80.3 Å². The van der Waals surface area contributed by atoms with Crippen molar-refractivity contribution in [3.8, 4) is 0 Å². The van der Waals surface area contributed by atoms with Crippen LogP contribution >= 0.6 is 11.8 Å². The molecule has 2 aromatic rings. The lowest BCUT2D eigenvalue weighted by molar-refractivity contribution is -0.171. The molecule has 1 atom stereocenters. The molecule has 0 aromatic heterocycles. The van der Waals surface area contributed by atoms with Crippen LogP contribution in [0.5, 0.6) is 0 Å². The Bertz CT molecular complexity index is 1100.